The number of aryl methyl sites for hydroxylation is 1. The van der Waals surface area contributed by atoms with E-state index < -0.39 is 0 Å². The van der Waals surface area contributed by atoms with Crippen molar-refractivity contribution in [2.24, 2.45) is 5.92 Å². The predicted molar refractivity (Wildman–Crippen MR) is 88.3 cm³/mol. The van der Waals surface area contributed by atoms with Crippen molar-refractivity contribution in [3.63, 3.8) is 0 Å². The van der Waals surface area contributed by atoms with Crippen LogP contribution in [0, 0.1) is 5.92 Å². The molecule has 0 fully saturated rings. The van der Waals surface area contributed by atoms with Gasteiger partial charge in [0, 0.05) is 12.0 Å². The minimum Gasteiger partial charge on any atom is -0.316 e. The molecule has 0 spiro atoms. The fraction of sp³-hybridized carbons (Fsp3) is 0.684. The molecule has 1 aromatic carbocycles. The lowest BCUT2D eigenvalue weighted by molar-refractivity contribution is 0.302. The molecule has 0 aliphatic heterocycles. The Kier molecular flexibility index (Phi) is 5.65. The minimum absolute atomic E-state index is 0.389. The summed E-state index contributed by atoms with van der Waals surface area (Å²) in [5.41, 5.74) is 3.62. The largest absolute Gasteiger partial charge is 0.316 e. The van der Waals surface area contributed by atoms with Crippen LogP contribution in [0.4, 0.5) is 0 Å². The summed E-state index contributed by atoms with van der Waals surface area (Å²) in [5.74, 6) is 0.824. The average Bonchev–Trinajstić information content (AvgIpc) is 2.45. The Balaban J connectivity index is 2.18. The first-order chi connectivity index (χ1) is 9.68. The Morgan fingerprint density at radius 3 is 2.80 bits per heavy atom. The van der Waals surface area contributed by atoms with Crippen LogP contribution in [0.15, 0.2) is 24.3 Å². The highest BCUT2D eigenvalue weighted by Crippen LogP contribution is 2.41. The van der Waals surface area contributed by atoms with Gasteiger partial charge in [-0.1, -0.05) is 57.9 Å². The van der Waals surface area contributed by atoms with Crippen LogP contribution in [0.3, 0.4) is 0 Å². The summed E-state index contributed by atoms with van der Waals surface area (Å²) in [7, 11) is 0. The van der Waals surface area contributed by atoms with Crippen LogP contribution in [0.5, 0.6) is 0 Å². The van der Waals surface area contributed by atoms with Crippen LogP contribution in [0.2, 0.25) is 0 Å². The Hall–Kier alpha value is -0.820. The molecule has 0 aromatic heterocycles. The van der Waals surface area contributed by atoms with Gasteiger partial charge in [-0.15, -0.1) is 0 Å². The molecule has 0 saturated carbocycles. The zero-order valence-corrected chi connectivity index (χ0v) is 13.5. The molecule has 1 N–H and O–H groups in total. The van der Waals surface area contributed by atoms with Crippen LogP contribution in [-0.4, -0.2) is 13.1 Å². The monoisotopic (exact) mass is 273 g/mol. The number of rotatable bonds is 7. The van der Waals surface area contributed by atoms with Crippen molar-refractivity contribution in [2.75, 3.05) is 13.1 Å². The molecule has 1 aliphatic carbocycles. The molecule has 0 radical (unpaired) electrons. The van der Waals surface area contributed by atoms with Crippen LogP contribution < -0.4 is 5.32 Å². The van der Waals surface area contributed by atoms with E-state index in [4.69, 9.17) is 0 Å². The Morgan fingerprint density at radius 1 is 1.25 bits per heavy atom. The summed E-state index contributed by atoms with van der Waals surface area (Å²) >= 11 is 0. The fourth-order valence-corrected chi connectivity index (χ4v) is 3.75. The van der Waals surface area contributed by atoms with Crippen molar-refractivity contribution in [3.05, 3.63) is 35.4 Å². The van der Waals surface area contributed by atoms with Crippen LogP contribution in [-0.2, 0) is 11.8 Å². The number of fused-ring (bicyclic) bond motifs is 1. The number of benzene rings is 1. The second-order valence-electron chi connectivity index (χ2n) is 6.86. The second kappa shape index (κ2) is 7.26. The van der Waals surface area contributed by atoms with E-state index in [0.717, 1.165) is 19.0 Å². The van der Waals surface area contributed by atoms with Gasteiger partial charge in [0.25, 0.3) is 0 Å². The molecular formula is C19H31N. The molecule has 0 heterocycles. The lowest BCUT2D eigenvalue weighted by Crippen LogP contribution is -2.41. The number of hydrogen-bond acceptors (Lipinski definition) is 1. The summed E-state index contributed by atoms with van der Waals surface area (Å²) in [4.78, 5) is 0. The molecule has 1 aliphatic rings. The van der Waals surface area contributed by atoms with Crippen molar-refractivity contribution in [1.82, 2.24) is 5.32 Å². The van der Waals surface area contributed by atoms with E-state index in [1.54, 1.807) is 11.1 Å². The quantitative estimate of drug-likeness (QED) is 0.759. The van der Waals surface area contributed by atoms with Gasteiger partial charge < -0.3 is 5.32 Å². The SMILES string of the molecule is CCNCC1(CCCC(C)C)CCCc2ccccc21. The Morgan fingerprint density at radius 2 is 2.05 bits per heavy atom. The van der Waals surface area contributed by atoms with E-state index in [1.165, 1.54) is 38.5 Å². The third kappa shape index (κ3) is 3.63. The molecule has 1 nitrogen and oxygen atoms in total. The summed E-state index contributed by atoms with van der Waals surface area (Å²) in [6.07, 6.45) is 8.04. The van der Waals surface area contributed by atoms with E-state index >= 15 is 0 Å². The summed E-state index contributed by atoms with van der Waals surface area (Å²) < 4.78 is 0. The van der Waals surface area contributed by atoms with Crippen molar-refractivity contribution >= 4 is 0 Å². The minimum atomic E-state index is 0.389. The topological polar surface area (TPSA) is 12.0 Å². The average molecular weight is 273 g/mol. The number of likely N-dealkylation sites (N-methyl/N-ethyl adjacent to an activating group) is 1. The summed E-state index contributed by atoms with van der Waals surface area (Å²) in [6.45, 7) is 9.13. The standard InChI is InChI=1S/C19H31N/c1-4-20-15-19(13-7-9-16(2)3)14-8-11-17-10-5-6-12-18(17)19/h5-6,10,12,16,20H,4,7-9,11,13-15H2,1-3H3. The van der Waals surface area contributed by atoms with Gasteiger partial charge in [0.05, 0.1) is 0 Å². The summed E-state index contributed by atoms with van der Waals surface area (Å²) in [5, 5.41) is 3.64. The van der Waals surface area contributed by atoms with E-state index in [2.05, 4.69) is 50.4 Å². The first-order valence-electron chi connectivity index (χ1n) is 8.47. The maximum Gasteiger partial charge on any atom is 0.00806 e. The molecule has 0 amide bonds. The second-order valence-corrected chi connectivity index (χ2v) is 6.86. The van der Waals surface area contributed by atoms with Gasteiger partial charge in [0.1, 0.15) is 0 Å². The van der Waals surface area contributed by atoms with E-state index in [1.807, 2.05) is 0 Å². The van der Waals surface area contributed by atoms with E-state index in [9.17, 15) is 0 Å². The van der Waals surface area contributed by atoms with Gasteiger partial charge in [0.2, 0.25) is 0 Å². The third-order valence-corrected chi connectivity index (χ3v) is 4.84. The fourth-order valence-electron chi connectivity index (χ4n) is 3.75. The first-order valence-corrected chi connectivity index (χ1v) is 8.47. The molecule has 2 rings (SSSR count). The van der Waals surface area contributed by atoms with Crippen LogP contribution in [0.1, 0.15) is 64.0 Å². The molecule has 1 atom stereocenters. The molecule has 1 aromatic rings. The maximum atomic E-state index is 3.64. The Bertz CT molecular complexity index is 410. The van der Waals surface area contributed by atoms with Crippen molar-refractivity contribution in [3.8, 4) is 0 Å². The van der Waals surface area contributed by atoms with E-state index in [0.29, 0.717) is 5.41 Å². The van der Waals surface area contributed by atoms with Gasteiger partial charge in [-0.25, -0.2) is 0 Å². The Labute approximate surface area is 125 Å². The van der Waals surface area contributed by atoms with Crippen LogP contribution >= 0.6 is 0 Å². The van der Waals surface area contributed by atoms with Gasteiger partial charge in [0.15, 0.2) is 0 Å². The first kappa shape index (κ1) is 15.6. The van der Waals surface area contributed by atoms with Crippen molar-refractivity contribution < 1.29 is 0 Å². The highest BCUT2D eigenvalue weighted by molar-refractivity contribution is 5.37. The number of hydrogen-bond donors (Lipinski definition) is 1. The molecule has 112 valence electrons. The van der Waals surface area contributed by atoms with Gasteiger partial charge in [-0.2, -0.15) is 0 Å². The maximum absolute atomic E-state index is 3.64. The lowest BCUT2D eigenvalue weighted by atomic mass is 9.67. The van der Waals surface area contributed by atoms with Gasteiger partial charge in [-0.3, -0.25) is 0 Å². The lowest BCUT2D eigenvalue weighted by Gasteiger charge is -2.40. The molecule has 20 heavy (non-hydrogen) atoms. The number of nitrogens with one attached hydrogen (secondary N) is 1. The highest BCUT2D eigenvalue weighted by atomic mass is 14.9. The van der Waals surface area contributed by atoms with Crippen LogP contribution in [0.25, 0.3) is 0 Å². The predicted octanol–water partition coefficient (Wildman–Crippen LogP) is 4.70. The zero-order valence-electron chi connectivity index (χ0n) is 13.5. The zero-order chi connectivity index (χ0) is 14.4. The smallest absolute Gasteiger partial charge is 0.00806 e. The van der Waals surface area contributed by atoms with E-state index in [-0.39, 0.29) is 0 Å². The highest BCUT2D eigenvalue weighted by Gasteiger charge is 2.35. The molecule has 0 saturated heterocycles. The van der Waals surface area contributed by atoms with Gasteiger partial charge >= 0.3 is 0 Å². The molecule has 1 heteroatoms. The normalized spacial score (nSPS) is 22.0. The molecule has 1 unspecified atom stereocenters. The third-order valence-electron chi connectivity index (χ3n) is 4.84. The van der Waals surface area contributed by atoms with Gasteiger partial charge in [-0.05, 0) is 49.3 Å². The van der Waals surface area contributed by atoms with Crippen molar-refractivity contribution in [2.45, 2.75) is 64.7 Å². The van der Waals surface area contributed by atoms with Crippen molar-refractivity contribution in [1.29, 1.82) is 0 Å². The molecular weight excluding hydrogens is 242 g/mol. The molecule has 0 bridgehead atoms. The summed E-state index contributed by atoms with van der Waals surface area (Å²) in [6, 6.07) is 9.17.